The van der Waals surface area contributed by atoms with Crippen molar-refractivity contribution in [3.05, 3.63) is 54.1 Å². The molecule has 0 saturated carbocycles. The number of benzene rings is 1. The molecule has 3 heterocycles. The van der Waals surface area contributed by atoms with E-state index in [1.807, 2.05) is 42.2 Å². The molecule has 2 amide bonds. The van der Waals surface area contributed by atoms with Crippen LogP contribution in [0.1, 0.15) is 36.0 Å². The largest absolute Gasteiger partial charge is 0.497 e. The second-order valence-electron chi connectivity index (χ2n) is 7.85. The van der Waals surface area contributed by atoms with E-state index in [9.17, 15) is 9.59 Å². The first-order chi connectivity index (χ1) is 14.5. The standard InChI is InChI=1S/C23H27N3O4/c1-15(22(27)24-14-19-4-3-11-30-19)16-7-9-26(10-8-16)23(28)21-12-17-5-6-18(29-2)13-20(17)25-21/h3-6,11-13,15-16,25H,7-10,14H2,1-2H3,(H,24,27)/t15-/m0/s1. The van der Waals surface area contributed by atoms with Crippen molar-refractivity contribution >= 4 is 22.7 Å². The number of nitrogens with one attached hydrogen (secondary N) is 2. The number of ether oxygens (including phenoxy) is 1. The molecule has 2 aromatic heterocycles. The lowest BCUT2D eigenvalue weighted by Crippen LogP contribution is -2.42. The van der Waals surface area contributed by atoms with Gasteiger partial charge in [0.15, 0.2) is 0 Å². The Morgan fingerprint density at radius 3 is 2.77 bits per heavy atom. The molecular formula is C23H27N3O4. The monoisotopic (exact) mass is 409 g/mol. The molecule has 1 fully saturated rings. The summed E-state index contributed by atoms with van der Waals surface area (Å²) in [6.07, 6.45) is 3.23. The SMILES string of the molecule is COc1ccc2cc(C(=O)N3CCC([C@H](C)C(=O)NCc4ccco4)CC3)[nH]c2c1. The molecule has 0 radical (unpaired) electrons. The van der Waals surface area contributed by atoms with Crippen LogP contribution < -0.4 is 10.1 Å². The quantitative estimate of drug-likeness (QED) is 0.651. The molecule has 1 atom stereocenters. The summed E-state index contributed by atoms with van der Waals surface area (Å²) in [5.41, 5.74) is 1.47. The van der Waals surface area contributed by atoms with Gasteiger partial charge in [-0.05, 0) is 49.1 Å². The Kier molecular flexibility index (Phi) is 5.79. The normalized spacial score (nSPS) is 15.9. The van der Waals surface area contributed by atoms with Gasteiger partial charge >= 0.3 is 0 Å². The zero-order valence-electron chi connectivity index (χ0n) is 17.3. The Morgan fingerprint density at radius 1 is 1.27 bits per heavy atom. The molecular weight excluding hydrogens is 382 g/mol. The van der Waals surface area contributed by atoms with Crippen molar-refractivity contribution in [2.24, 2.45) is 11.8 Å². The molecule has 7 nitrogen and oxygen atoms in total. The van der Waals surface area contributed by atoms with Crippen LogP contribution >= 0.6 is 0 Å². The van der Waals surface area contributed by atoms with E-state index in [0.717, 1.165) is 35.3 Å². The van der Waals surface area contributed by atoms with Crippen LogP contribution in [0.25, 0.3) is 10.9 Å². The van der Waals surface area contributed by atoms with E-state index in [4.69, 9.17) is 9.15 Å². The molecule has 4 rings (SSSR count). The molecule has 2 N–H and O–H groups in total. The number of piperidine rings is 1. The summed E-state index contributed by atoms with van der Waals surface area (Å²) in [5, 5.41) is 3.92. The van der Waals surface area contributed by atoms with Crippen LogP contribution in [0.3, 0.4) is 0 Å². The predicted octanol–water partition coefficient (Wildman–Crippen LogP) is 3.57. The minimum absolute atomic E-state index is 0.00135. The van der Waals surface area contributed by atoms with E-state index >= 15 is 0 Å². The summed E-state index contributed by atoms with van der Waals surface area (Å²) in [6.45, 7) is 3.67. The summed E-state index contributed by atoms with van der Waals surface area (Å²) < 4.78 is 10.5. The summed E-state index contributed by atoms with van der Waals surface area (Å²) in [5.74, 6) is 1.69. The molecule has 1 aromatic carbocycles. The Morgan fingerprint density at radius 2 is 2.07 bits per heavy atom. The van der Waals surface area contributed by atoms with Crippen LogP contribution in [0.2, 0.25) is 0 Å². The van der Waals surface area contributed by atoms with Crippen molar-refractivity contribution in [2.45, 2.75) is 26.3 Å². The number of aromatic amines is 1. The second kappa shape index (κ2) is 8.65. The van der Waals surface area contributed by atoms with Crippen molar-refractivity contribution in [1.82, 2.24) is 15.2 Å². The number of nitrogens with zero attached hydrogens (tertiary/aromatic N) is 1. The number of aromatic nitrogens is 1. The first kappa shape index (κ1) is 20.1. The summed E-state index contributed by atoms with van der Waals surface area (Å²) in [6, 6.07) is 11.2. The van der Waals surface area contributed by atoms with Gasteiger partial charge < -0.3 is 24.4 Å². The minimum Gasteiger partial charge on any atom is -0.497 e. The van der Waals surface area contributed by atoms with E-state index in [2.05, 4.69) is 10.3 Å². The van der Waals surface area contributed by atoms with E-state index in [1.165, 1.54) is 0 Å². The fourth-order valence-electron chi connectivity index (χ4n) is 4.08. The molecule has 1 aliphatic heterocycles. The van der Waals surface area contributed by atoms with Gasteiger partial charge in [0, 0.05) is 36.0 Å². The number of methoxy groups -OCH3 is 1. The van der Waals surface area contributed by atoms with E-state index < -0.39 is 0 Å². The number of hydrogen-bond acceptors (Lipinski definition) is 4. The smallest absolute Gasteiger partial charge is 0.270 e. The van der Waals surface area contributed by atoms with Crippen LogP contribution in [-0.4, -0.2) is 41.9 Å². The van der Waals surface area contributed by atoms with Gasteiger partial charge in [0.2, 0.25) is 5.91 Å². The van der Waals surface area contributed by atoms with Gasteiger partial charge in [0.25, 0.3) is 5.91 Å². The van der Waals surface area contributed by atoms with Gasteiger partial charge in [-0.1, -0.05) is 6.92 Å². The van der Waals surface area contributed by atoms with Crippen LogP contribution in [0.5, 0.6) is 5.75 Å². The zero-order valence-corrected chi connectivity index (χ0v) is 17.3. The minimum atomic E-state index is -0.0993. The molecule has 0 unspecified atom stereocenters. The zero-order chi connectivity index (χ0) is 21.1. The number of H-pyrrole nitrogens is 1. The predicted molar refractivity (Wildman–Crippen MR) is 113 cm³/mol. The number of rotatable bonds is 6. The van der Waals surface area contributed by atoms with Gasteiger partial charge in [-0.15, -0.1) is 0 Å². The Bertz CT molecular complexity index is 1020. The summed E-state index contributed by atoms with van der Waals surface area (Å²) in [7, 11) is 1.62. The number of furan rings is 1. The molecule has 3 aromatic rings. The fourth-order valence-corrected chi connectivity index (χ4v) is 4.08. The Balaban J connectivity index is 1.32. The van der Waals surface area contributed by atoms with Gasteiger partial charge in [-0.2, -0.15) is 0 Å². The second-order valence-corrected chi connectivity index (χ2v) is 7.85. The van der Waals surface area contributed by atoms with Gasteiger partial charge in [0.1, 0.15) is 17.2 Å². The molecule has 158 valence electrons. The third-order valence-electron chi connectivity index (χ3n) is 6.02. The first-order valence-electron chi connectivity index (χ1n) is 10.3. The highest BCUT2D eigenvalue weighted by Crippen LogP contribution is 2.27. The lowest BCUT2D eigenvalue weighted by atomic mass is 9.84. The van der Waals surface area contributed by atoms with Crippen LogP contribution in [0.4, 0.5) is 0 Å². The van der Waals surface area contributed by atoms with Crippen LogP contribution in [0.15, 0.2) is 47.1 Å². The Labute approximate surface area is 175 Å². The van der Waals surface area contributed by atoms with E-state index in [-0.39, 0.29) is 23.7 Å². The molecule has 0 bridgehead atoms. The summed E-state index contributed by atoms with van der Waals surface area (Å²) >= 11 is 0. The van der Waals surface area contributed by atoms with Crippen molar-refractivity contribution in [2.75, 3.05) is 20.2 Å². The Hall–Kier alpha value is -3.22. The molecule has 1 saturated heterocycles. The molecule has 0 spiro atoms. The highest BCUT2D eigenvalue weighted by Gasteiger charge is 2.30. The van der Waals surface area contributed by atoms with Gasteiger partial charge in [0.05, 0.1) is 19.9 Å². The third kappa shape index (κ3) is 4.20. The molecule has 7 heteroatoms. The van der Waals surface area contributed by atoms with Crippen molar-refractivity contribution < 1.29 is 18.7 Å². The number of carbonyl (C=O) groups is 2. The van der Waals surface area contributed by atoms with Crippen molar-refractivity contribution in [1.29, 1.82) is 0 Å². The average molecular weight is 409 g/mol. The number of hydrogen-bond donors (Lipinski definition) is 2. The number of amides is 2. The van der Waals surface area contributed by atoms with Crippen LogP contribution in [0, 0.1) is 11.8 Å². The van der Waals surface area contributed by atoms with Crippen molar-refractivity contribution in [3.8, 4) is 5.75 Å². The van der Waals surface area contributed by atoms with Gasteiger partial charge in [-0.3, -0.25) is 9.59 Å². The van der Waals surface area contributed by atoms with E-state index in [1.54, 1.807) is 19.4 Å². The van der Waals surface area contributed by atoms with Gasteiger partial charge in [-0.25, -0.2) is 0 Å². The molecule has 30 heavy (non-hydrogen) atoms. The maximum absolute atomic E-state index is 12.9. The summed E-state index contributed by atoms with van der Waals surface area (Å²) in [4.78, 5) is 30.5. The molecule has 0 aliphatic carbocycles. The van der Waals surface area contributed by atoms with E-state index in [0.29, 0.717) is 25.3 Å². The average Bonchev–Trinajstić information content (AvgIpc) is 3.45. The lowest BCUT2D eigenvalue weighted by Gasteiger charge is -2.34. The van der Waals surface area contributed by atoms with Crippen molar-refractivity contribution in [3.63, 3.8) is 0 Å². The number of fused-ring (bicyclic) bond motifs is 1. The maximum atomic E-state index is 12.9. The van der Waals surface area contributed by atoms with Crippen LogP contribution in [-0.2, 0) is 11.3 Å². The number of likely N-dealkylation sites (tertiary alicyclic amines) is 1. The molecule has 1 aliphatic rings. The highest BCUT2D eigenvalue weighted by atomic mass is 16.5. The lowest BCUT2D eigenvalue weighted by molar-refractivity contribution is -0.126. The maximum Gasteiger partial charge on any atom is 0.270 e. The first-order valence-corrected chi connectivity index (χ1v) is 10.3. The third-order valence-corrected chi connectivity index (χ3v) is 6.02. The number of carbonyl (C=O) groups excluding carboxylic acids is 2. The highest BCUT2D eigenvalue weighted by molar-refractivity contribution is 5.98. The fraction of sp³-hybridized carbons (Fsp3) is 0.391. The topological polar surface area (TPSA) is 87.6 Å².